The number of nitrogens with zero attached hydrogens (tertiary/aromatic N) is 2. The van der Waals surface area contributed by atoms with Gasteiger partial charge in [0.05, 0.1) is 29.3 Å². The third-order valence-corrected chi connectivity index (χ3v) is 6.04. The van der Waals surface area contributed by atoms with Crippen LogP contribution in [0.15, 0.2) is 56.9 Å². The summed E-state index contributed by atoms with van der Waals surface area (Å²) < 4.78 is 7.59. The van der Waals surface area contributed by atoms with Gasteiger partial charge in [-0.2, -0.15) is 0 Å². The van der Waals surface area contributed by atoms with Crippen LogP contribution in [0.4, 0.5) is 0 Å². The minimum absolute atomic E-state index is 0.0313. The molecule has 28 heavy (non-hydrogen) atoms. The van der Waals surface area contributed by atoms with Crippen molar-refractivity contribution < 1.29 is 9.53 Å². The lowest BCUT2D eigenvalue weighted by Crippen LogP contribution is -2.26. The van der Waals surface area contributed by atoms with Crippen LogP contribution in [-0.2, 0) is 11.3 Å². The molecular formula is C20H18BrClN2O3S. The highest BCUT2D eigenvalue weighted by Crippen LogP contribution is 2.26. The van der Waals surface area contributed by atoms with Crippen LogP contribution < -0.4 is 5.56 Å². The zero-order chi connectivity index (χ0) is 20.3. The molecule has 5 nitrogen and oxygen atoms in total. The average Bonchev–Trinajstić information content (AvgIpc) is 2.67. The predicted molar refractivity (Wildman–Crippen MR) is 117 cm³/mol. The standard InChI is InChI=1S/C20H18BrClN2O3S/c1-12(18(25)13-3-5-14(21)6-4-13)28-20-23-17-11-15(22)7-8-16(17)19(26)24(20)9-10-27-2/h3-8,11-12H,9-10H2,1-2H3. The maximum atomic E-state index is 12.9. The van der Waals surface area contributed by atoms with E-state index in [1.165, 1.54) is 11.8 Å². The third kappa shape index (κ3) is 4.66. The number of benzene rings is 2. The minimum Gasteiger partial charge on any atom is -0.383 e. The van der Waals surface area contributed by atoms with Crippen LogP contribution in [0, 0.1) is 0 Å². The van der Waals surface area contributed by atoms with Gasteiger partial charge in [-0.3, -0.25) is 14.2 Å². The molecule has 0 aliphatic rings. The van der Waals surface area contributed by atoms with E-state index in [9.17, 15) is 9.59 Å². The van der Waals surface area contributed by atoms with Gasteiger partial charge in [0.2, 0.25) is 0 Å². The van der Waals surface area contributed by atoms with Gasteiger partial charge in [0.1, 0.15) is 0 Å². The van der Waals surface area contributed by atoms with Crippen molar-refractivity contribution in [2.75, 3.05) is 13.7 Å². The van der Waals surface area contributed by atoms with Crippen LogP contribution >= 0.6 is 39.3 Å². The van der Waals surface area contributed by atoms with Crippen molar-refractivity contribution >= 4 is 56.0 Å². The first-order valence-corrected chi connectivity index (χ1v) is 10.6. The summed E-state index contributed by atoms with van der Waals surface area (Å²) in [5, 5.41) is 1.04. The number of carbonyl (C=O) groups is 1. The fraction of sp³-hybridized carbons (Fsp3) is 0.250. The van der Waals surface area contributed by atoms with E-state index in [1.54, 1.807) is 42.0 Å². The van der Waals surface area contributed by atoms with Gasteiger partial charge < -0.3 is 4.74 Å². The fourth-order valence-electron chi connectivity index (χ4n) is 2.70. The van der Waals surface area contributed by atoms with Crippen molar-refractivity contribution in [2.45, 2.75) is 23.9 Å². The lowest BCUT2D eigenvalue weighted by molar-refractivity contribution is 0.0994. The van der Waals surface area contributed by atoms with Crippen molar-refractivity contribution in [1.82, 2.24) is 9.55 Å². The summed E-state index contributed by atoms with van der Waals surface area (Å²) in [6.07, 6.45) is 0. The van der Waals surface area contributed by atoms with Gasteiger partial charge in [0.25, 0.3) is 5.56 Å². The minimum atomic E-state index is -0.418. The Morgan fingerprint density at radius 2 is 2.00 bits per heavy atom. The van der Waals surface area contributed by atoms with Gasteiger partial charge in [-0.05, 0) is 37.3 Å². The molecule has 1 atom stereocenters. The molecule has 1 heterocycles. The first-order chi connectivity index (χ1) is 13.4. The highest BCUT2D eigenvalue weighted by molar-refractivity contribution is 9.10. The number of ether oxygens (including phenoxy) is 1. The summed E-state index contributed by atoms with van der Waals surface area (Å²) in [7, 11) is 1.58. The molecule has 8 heteroatoms. The topological polar surface area (TPSA) is 61.2 Å². The number of thioether (sulfide) groups is 1. The molecule has 1 unspecified atom stereocenters. The molecule has 0 amide bonds. The number of rotatable bonds is 7. The molecule has 0 fully saturated rings. The highest BCUT2D eigenvalue weighted by atomic mass is 79.9. The van der Waals surface area contributed by atoms with E-state index in [0.29, 0.717) is 39.8 Å². The first kappa shape index (κ1) is 21.0. The summed E-state index contributed by atoms with van der Waals surface area (Å²) in [6, 6.07) is 12.2. The Morgan fingerprint density at radius 3 is 2.68 bits per heavy atom. The smallest absolute Gasteiger partial charge is 0.262 e. The second-order valence-electron chi connectivity index (χ2n) is 6.14. The summed E-state index contributed by atoms with van der Waals surface area (Å²) in [6.45, 7) is 2.52. The van der Waals surface area contributed by atoms with Crippen molar-refractivity contribution in [3.05, 3.63) is 67.9 Å². The second kappa shape index (κ2) is 9.22. The van der Waals surface area contributed by atoms with Gasteiger partial charge in [-0.1, -0.05) is 51.4 Å². The molecule has 3 aromatic rings. The monoisotopic (exact) mass is 480 g/mol. The Morgan fingerprint density at radius 1 is 1.29 bits per heavy atom. The van der Waals surface area contributed by atoms with E-state index in [2.05, 4.69) is 20.9 Å². The molecule has 0 N–H and O–H groups in total. The Kier molecular flexibility index (Phi) is 6.93. The molecule has 0 aliphatic heterocycles. The van der Waals surface area contributed by atoms with Crippen molar-refractivity contribution in [3.8, 4) is 0 Å². The van der Waals surface area contributed by atoms with E-state index in [0.717, 1.165) is 4.47 Å². The zero-order valence-corrected chi connectivity index (χ0v) is 18.5. The molecule has 0 saturated carbocycles. The number of carbonyl (C=O) groups excluding carboxylic acids is 1. The summed E-state index contributed by atoms with van der Waals surface area (Å²) in [5.41, 5.74) is 0.944. The Balaban J connectivity index is 1.98. The van der Waals surface area contributed by atoms with Crippen molar-refractivity contribution in [1.29, 1.82) is 0 Å². The third-order valence-electron chi connectivity index (χ3n) is 4.18. The maximum Gasteiger partial charge on any atom is 0.262 e. The normalized spacial score (nSPS) is 12.3. The molecule has 0 saturated heterocycles. The quantitative estimate of drug-likeness (QED) is 0.275. The number of hydrogen-bond acceptors (Lipinski definition) is 5. The Hall–Kier alpha value is -1.67. The lowest BCUT2D eigenvalue weighted by Gasteiger charge is -2.16. The van der Waals surface area contributed by atoms with Crippen LogP contribution in [0.3, 0.4) is 0 Å². The summed E-state index contributed by atoms with van der Waals surface area (Å²) >= 11 is 10.7. The van der Waals surface area contributed by atoms with E-state index < -0.39 is 5.25 Å². The zero-order valence-electron chi connectivity index (χ0n) is 15.3. The van der Waals surface area contributed by atoms with Crippen LogP contribution in [0.5, 0.6) is 0 Å². The number of hydrogen-bond donors (Lipinski definition) is 0. The summed E-state index contributed by atoms with van der Waals surface area (Å²) in [4.78, 5) is 30.3. The van der Waals surface area contributed by atoms with Crippen LogP contribution in [0.25, 0.3) is 10.9 Å². The number of methoxy groups -OCH3 is 1. The second-order valence-corrected chi connectivity index (χ2v) is 8.80. The van der Waals surface area contributed by atoms with Crippen LogP contribution in [-0.4, -0.2) is 34.3 Å². The highest BCUT2D eigenvalue weighted by Gasteiger charge is 2.20. The Bertz CT molecular complexity index is 1070. The Labute approximate surface area is 180 Å². The number of aromatic nitrogens is 2. The van der Waals surface area contributed by atoms with Gasteiger partial charge in [0.15, 0.2) is 10.9 Å². The van der Waals surface area contributed by atoms with Gasteiger partial charge in [-0.15, -0.1) is 0 Å². The van der Waals surface area contributed by atoms with Crippen molar-refractivity contribution in [3.63, 3.8) is 0 Å². The molecule has 146 valence electrons. The van der Waals surface area contributed by atoms with E-state index in [4.69, 9.17) is 16.3 Å². The SMILES string of the molecule is COCCn1c(SC(C)C(=O)c2ccc(Br)cc2)nc2cc(Cl)ccc2c1=O. The molecule has 0 spiro atoms. The predicted octanol–water partition coefficient (Wildman–Crippen LogP) is 4.82. The molecule has 0 bridgehead atoms. The van der Waals surface area contributed by atoms with E-state index in [-0.39, 0.29) is 11.3 Å². The fourth-order valence-corrected chi connectivity index (χ4v) is 4.15. The number of Topliss-reactive ketones (excluding diaryl/α,β-unsaturated/α-hetero) is 1. The first-order valence-electron chi connectivity index (χ1n) is 8.56. The molecular weight excluding hydrogens is 464 g/mol. The van der Waals surface area contributed by atoms with Gasteiger partial charge >= 0.3 is 0 Å². The van der Waals surface area contributed by atoms with Gasteiger partial charge in [-0.25, -0.2) is 4.98 Å². The average molecular weight is 482 g/mol. The molecule has 1 aromatic heterocycles. The number of halogens is 2. The molecule has 0 aliphatic carbocycles. The number of ketones is 1. The number of fused-ring (bicyclic) bond motifs is 1. The van der Waals surface area contributed by atoms with Crippen molar-refractivity contribution in [2.24, 2.45) is 0 Å². The van der Waals surface area contributed by atoms with Crippen LogP contribution in [0.1, 0.15) is 17.3 Å². The molecule has 3 rings (SSSR count). The largest absolute Gasteiger partial charge is 0.383 e. The van der Waals surface area contributed by atoms with E-state index >= 15 is 0 Å². The van der Waals surface area contributed by atoms with E-state index in [1.807, 2.05) is 19.1 Å². The lowest BCUT2D eigenvalue weighted by atomic mass is 10.1. The molecule has 2 aromatic carbocycles. The van der Waals surface area contributed by atoms with Gasteiger partial charge in [0, 0.05) is 22.2 Å². The van der Waals surface area contributed by atoms with Crippen LogP contribution in [0.2, 0.25) is 5.02 Å². The summed E-state index contributed by atoms with van der Waals surface area (Å²) in [5.74, 6) is -0.0313. The molecule has 0 radical (unpaired) electrons. The maximum absolute atomic E-state index is 12.9.